The van der Waals surface area contributed by atoms with Gasteiger partial charge in [-0.05, 0) is 30.7 Å². The van der Waals surface area contributed by atoms with Gasteiger partial charge in [0.15, 0.2) is 17.5 Å². The van der Waals surface area contributed by atoms with E-state index in [0.717, 1.165) is 17.7 Å². The molecule has 0 saturated heterocycles. The van der Waals surface area contributed by atoms with Crippen LogP contribution in [0.3, 0.4) is 0 Å². The van der Waals surface area contributed by atoms with E-state index in [2.05, 4.69) is 0 Å². The van der Waals surface area contributed by atoms with Crippen molar-refractivity contribution >= 4 is 0 Å². The average molecular weight is 295 g/mol. The number of nitrogens with two attached hydrogens (primary N) is 1. The SMILES string of the molecule is Cc1cccc(OCCC(N)c2ccc(F)c(F)c2F)c1. The zero-order valence-corrected chi connectivity index (χ0v) is 11.6. The summed E-state index contributed by atoms with van der Waals surface area (Å²) in [5.41, 5.74) is 6.80. The summed E-state index contributed by atoms with van der Waals surface area (Å²) in [5, 5.41) is 0. The molecule has 0 aromatic heterocycles. The number of halogens is 3. The molecule has 0 aliphatic rings. The van der Waals surface area contributed by atoms with E-state index in [9.17, 15) is 13.2 Å². The van der Waals surface area contributed by atoms with Crippen LogP contribution in [-0.4, -0.2) is 6.61 Å². The topological polar surface area (TPSA) is 35.2 Å². The molecule has 0 radical (unpaired) electrons. The van der Waals surface area contributed by atoms with Crippen molar-refractivity contribution < 1.29 is 17.9 Å². The molecule has 2 nitrogen and oxygen atoms in total. The molecule has 21 heavy (non-hydrogen) atoms. The Balaban J connectivity index is 1.96. The zero-order valence-electron chi connectivity index (χ0n) is 11.6. The maximum Gasteiger partial charge on any atom is 0.194 e. The van der Waals surface area contributed by atoms with Crippen LogP contribution in [0.4, 0.5) is 13.2 Å². The van der Waals surface area contributed by atoms with Gasteiger partial charge in [0, 0.05) is 18.0 Å². The Morgan fingerprint density at radius 2 is 1.86 bits per heavy atom. The van der Waals surface area contributed by atoms with Crippen molar-refractivity contribution in [3.8, 4) is 5.75 Å². The minimum atomic E-state index is -1.50. The second-order valence-electron chi connectivity index (χ2n) is 4.82. The lowest BCUT2D eigenvalue weighted by Crippen LogP contribution is -2.16. The third-order valence-corrected chi connectivity index (χ3v) is 3.15. The van der Waals surface area contributed by atoms with Crippen molar-refractivity contribution in [1.82, 2.24) is 0 Å². The van der Waals surface area contributed by atoms with Crippen LogP contribution in [0.25, 0.3) is 0 Å². The fourth-order valence-corrected chi connectivity index (χ4v) is 1.99. The molecule has 2 N–H and O–H groups in total. The van der Waals surface area contributed by atoms with E-state index in [0.29, 0.717) is 5.75 Å². The lowest BCUT2D eigenvalue weighted by Gasteiger charge is -2.14. The van der Waals surface area contributed by atoms with Crippen LogP contribution in [0.15, 0.2) is 36.4 Å². The van der Waals surface area contributed by atoms with Gasteiger partial charge >= 0.3 is 0 Å². The first kappa shape index (κ1) is 15.4. The first-order chi connectivity index (χ1) is 9.99. The van der Waals surface area contributed by atoms with E-state index in [4.69, 9.17) is 10.5 Å². The van der Waals surface area contributed by atoms with Crippen LogP contribution in [0, 0.1) is 24.4 Å². The summed E-state index contributed by atoms with van der Waals surface area (Å²) in [6.45, 7) is 2.19. The highest BCUT2D eigenvalue weighted by Gasteiger charge is 2.18. The number of rotatable bonds is 5. The van der Waals surface area contributed by atoms with Crippen molar-refractivity contribution in [3.63, 3.8) is 0 Å². The maximum atomic E-state index is 13.6. The Hall–Kier alpha value is -2.01. The summed E-state index contributed by atoms with van der Waals surface area (Å²) in [4.78, 5) is 0. The van der Waals surface area contributed by atoms with E-state index >= 15 is 0 Å². The predicted molar refractivity (Wildman–Crippen MR) is 74.5 cm³/mol. The van der Waals surface area contributed by atoms with Crippen molar-refractivity contribution in [2.75, 3.05) is 6.61 Å². The zero-order chi connectivity index (χ0) is 15.4. The highest BCUT2D eigenvalue weighted by Crippen LogP contribution is 2.22. The number of hydrogen-bond donors (Lipinski definition) is 1. The van der Waals surface area contributed by atoms with Gasteiger partial charge in [0.1, 0.15) is 5.75 Å². The monoisotopic (exact) mass is 295 g/mol. The molecule has 2 rings (SSSR count). The molecule has 2 aromatic rings. The molecular weight excluding hydrogens is 279 g/mol. The Morgan fingerprint density at radius 1 is 1.10 bits per heavy atom. The molecule has 1 atom stereocenters. The smallest absolute Gasteiger partial charge is 0.194 e. The molecule has 0 aliphatic carbocycles. The van der Waals surface area contributed by atoms with Crippen molar-refractivity contribution in [2.24, 2.45) is 5.73 Å². The van der Waals surface area contributed by atoms with Gasteiger partial charge in [-0.15, -0.1) is 0 Å². The summed E-state index contributed by atoms with van der Waals surface area (Å²) in [5.74, 6) is -3.27. The summed E-state index contributed by atoms with van der Waals surface area (Å²) in [6, 6.07) is 8.74. The lowest BCUT2D eigenvalue weighted by atomic mass is 10.0. The lowest BCUT2D eigenvalue weighted by molar-refractivity contribution is 0.296. The minimum absolute atomic E-state index is 0.0539. The van der Waals surface area contributed by atoms with Gasteiger partial charge in [-0.3, -0.25) is 0 Å². The van der Waals surface area contributed by atoms with Crippen LogP contribution < -0.4 is 10.5 Å². The molecule has 2 aromatic carbocycles. The second kappa shape index (κ2) is 6.63. The maximum absolute atomic E-state index is 13.6. The summed E-state index contributed by atoms with van der Waals surface area (Å²) in [6.07, 6.45) is 0.288. The number of ether oxygens (including phenoxy) is 1. The molecule has 0 amide bonds. The summed E-state index contributed by atoms with van der Waals surface area (Å²) >= 11 is 0. The van der Waals surface area contributed by atoms with Gasteiger partial charge in [0.05, 0.1) is 6.61 Å². The Bertz CT molecular complexity index is 631. The van der Waals surface area contributed by atoms with E-state index < -0.39 is 23.5 Å². The van der Waals surface area contributed by atoms with Crippen LogP contribution in [0.5, 0.6) is 5.75 Å². The highest BCUT2D eigenvalue weighted by molar-refractivity contribution is 5.27. The van der Waals surface area contributed by atoms with Crippen molar-refractivity contribution in [2.45, 2.75) is 19.4 Å². The van der Waals surface area contributed by atoms with Gasteiger partial charge < -0.3 is 10.5 Å². The van der Waals surface area contributed by atoms with Gasteiger partial charge in [-0.25, -0.2) is 13.2 Å². The van der Waals surface area contributed by atoms with Gasteiger partial charge in [-0.2, -0.15) is 0 Å². The van der Waals surface area contributed by atoms with Crippen molar-refractivity contribution in [3.05, 3.63) is 65.0 Å². The largest absolute Gasteiger partial charge is 0.494 e. The molecule has 0 heterocycles. The molecule has 5 heteroatoms. The Kier molecular flexibility index (Phi) is 4.85. The molecule has 0 fully saturated rings. The first-order valence-electron chi connectivity index (χ1n) is 6.57. The molecule has 0 spiro atoms. The van der Waals surface area contributed by atoms with Crippen LogP contribution in [-0.2, 0) is 0 Å². The van der Waals surface area contributed by atoms with Gasteiger partial charge in [-0.1, -0.05) is 18.2 Å². The van der Waals surface area contributed by atoms with Crippen LogP contribution in [0.1, 0.15) is 23.6 Å². The fraction of sp³-hybridized carbons (Fsp3) is 0.250. The fourth-order valence-electron chi connectivity index (χ4n) is 1.99. The Morgan fingerprint density at radius 3 is 2.57 bits per heavy atom. The third-order valence-electron chi connectivity index (χ3n) is 3.15. The quantitative estimate of drug-likeness (QED) is 0.850. The molecule has 0 bridgehead atoms. The van der Waals surface area contributed by atoms with E-state index in [1.165, 1.54) is 0 Å². The number of aryl methyl sites for hydroxylation is 1. The summed E-state index contributed by atoms with van der Waals surface area (Å²) in [7, 11) is 0. The van der Waals surface area contributed by atoms with Gasteiger partial charge in [0.25, 0.3) is 0 Å². The average Bonchev–Trinajstić information content (AvgIpc) is 2.45. The molecular formula is C16H16F3NO. The van der Waals surface area contributed by atoms with E-state index in [1.54, 1.807) is 6.07 Å². The van der Waals surface area contributed by atoms with Gasteiger partial charge in [0.2, 0.25) is 0 Å². The van der Waals surface area contributed by atoms with Crippen molar-refractivity contribution in [1.29, 1.82) is 0 Å². The standard InChI is InChI=1S/C16H16F3NO/c1-10-3-2-4-11(9-10)21-8-7-14(20)12-5-6-13(17)16(19)15(12)18/h2-6,9,14H,7-8,20H2,1H3. The first-order valence-corrected chi connectivity index (χ1v) is 6.57. The number of hydrogen-bond acceptors (Lipinski definition) is 2. The van der Waals surface area contributed by atoms with Crippen LogP contribution in [0.2, 0.25) is 0 Å². The predicted octanol–water partition coefficient (Wildman–Crippen LogP) is 3.88. The summed E-state index contributed by atoms with van der Waals surface area (Å²) < 4.78 is 45.1. The second-order valence-corrected chi connectivity index (χ2v) is 4.82. The highest BCUT2D eigenvalue weighted by atomic mass is 19.2. The molecule has 0 aliphatic heterocycles. The Labute approximate surface area is 121 Å². The van der Waals surface area contributed by atoms with E-state index in [1.807, 2.05) is 25.1 Å². The normalized spacial score (nSPS) is 12.2. The van der Waals surface area contributed by atoms with E-state index in [-0.39, 0.29) is 18.6 Å². The third kappa shape index (κ3) is 3.76. The molecule has 1 unspecified atom stereocenters. The van der Waals surface area contributed by atoms with Crippen LogP contribution >= 0.6 is 0 Å². The number of benzene rings is 2. The molecule has 0 saturated carbocycles. The molecule has 112 valence electrons. The minimum Gasteiger partial charge on any atom is -0.494 e.